The molecule has 0 aliphatic heterocycles. The fourth-order valence-corrected chi connectivity index (χ4v) is 4.34. The SMILES string of the molecule is C=CCn1c(CNC(=O)C=Cc2ccccc2Cl)nnc1SCC(=O)Nc1c(C)cccc1CC. The number of thioether (sulfide) groups is 1. The van der Waals surface area contributed by atoms with Gasteiger partial charge in [0.1, 0.15) is 0 Å². The van der Waals surface area contributed by atoms with E-state index in [0.717, 1.165) is 28.8 Å². The Kier molecular flexibility index (Phi) is 9.69. The second-order valence-electron chi connectivity index (χ2n) is 7.67. The molecular formula is C26H28ClN5O2S. The van der Waals surface area contributed by atoms with Crippen LogP contribution in [-0.4, -0.2) is 32.3 Å². The summed E-state index contributed by atoms with van der Waals surface area (Å²) >= 11 is 7.40. The van der Waals surface area contributed by atoms with Crippen LogP contribution in [0.5, 0.6) is 0 Å². The molecule has 0 aliphatic carbocycles. The molecular weight excluding hydrogens is 482 g/mol. The molecule has 9 heteroatoms. The average molecular weight is 510 g/mol. The molecule has 0 radical (unpaired) electrons. The summed E-state index contributed by atoms with van der Waals surface area (Å²) in [5.74, 6) is 0.350. The molecule has 0 atom stereocenters. The van der Waals surface area contributed by atoms with Crippen molar-refractivity contribution in [3.63, 3.8) is 0 Å². The second-order valence-corrected chi connectivity index (χ2v) is 9.02. The van der Waals surface area contributed by atoms with Gasteiger partial charge < -0.3 is 15.2 Å². The van der Waals surface area contributed by atoms with Crippen molar-refractivity contribution >= 4 is 46.9 Å². The molecule has 3 rings (SSSR count). The van der Waals surface area contributed by atoms with Crippen LogP contribution in [-0.2, 0) is 29.1 Å². The number of aryl methyl sites for hydroxylation is 2. The number of nitrogens with one attached hydrogen (secondary N) is 2. The lowest BCUT2D eigenvalue weighted by Gasteiger charge is -2.13. The average Bonchev–Trinajstić information content (AvgIpc) is 3.23. The van der Waals surface area contributed by atoms with Crippen LogP contribution >= 0.6 is 23.4 Å². The molecule has 1 aromatic heterocycles. The number of hydrogen-bond acceptors (Lipinski definition) is 5. The molecule has 3 aromatic rings. The van der Waals surface area contributed by atoms with Gasteiger partial charge in [0.2, 0.25) is 11.8 Å². The smallest absolute Gasteiger partial charge is 0.244 e. The Labute approximate surface area is 214 Å². The number of aromatic nitrogens is 3. The zero-order valence-electron chi connectivity index (χ0n) is 19.8. The molecule has 7 nitrogen and oxygen atoms in total. The summed E-state index contributed by atoms with van der Waals surface area (Å²) in [7, 11) is 0. The Morgan fingerprint density at radius 1 is 1.17 bits per heavy atom. The first-order valence-electron chi connectivity index (χ1n) is 11.2. The third kappa shape index (κ3) is 7.31. The van der Waals surface area contributed by atoms with Crippen molar-refractivity contribution in [2.45, 2.75) is 38.5 Å². The van der Waals surface area contributed by atoms with Gasteiger partial charge in [0.05, 0.1) is 12.3 Å². The lowest BCUT2D eigenvalue weighted by Crippen LogP contribution is -2.23. The largest absolute Gasteiger partial charge is 0.345 e. The maximum absolute atomic E-state index is 12.6. The maximum Gasteiger partial charge on any atom is 0.244 e. The summed E-state index contributed by atoms with van der Waals surface area (Å²) < 4.78 is 1.83. The van der Waals surface area contributed by atoms with Gasteiger partial charge in [-0.05, 0) is 42.2 Å². The summed E-state index contributed by atoms with van der Waals surface area (Å²) in [6.07, 6.45) is 5.63. The first-order chi connectivity index (χ1) is 16.9. The van der Waals surface area contributed by atoms with Crippen LogP contribution in [0.1, 0.15) is 29.4 Å². The number of rotatable bonds is 11. The van der Waals surface area contributed by atoms with Crippen LogP contribution in [0.2, 0.25) is 5.02 Å². The highest BCUT2D eigenvalue weighted by Gasteiger charge is 2.15. The van der Waals surface area contributed by atoms with Crippen molar-refractivity contribution in [1.29, 1.82) is 0 Å². The van der Waals surface area contributed by atoms with Crippen LogP contribution in [0.15, 0.2) is 66.4 Å². The van der Waals surface area contributed by atoms with Crippen LogP contribution in [0.25, 0.3) is 6.08 Å². The van der Waals surface area contributed by atoms with Crippen molar-refractivity contribution in [3.8, 4) is 0 Å². The minimum atomic E-state index is -0.281. The number of hydrogen-bond donors (Lipinski definition) is 2. The van der Waals surface area contributed by atoms with Gasteiger partial charge in [0, 0.05) is 23.3 Å². The van der Waals surface area contributed by atoms with Crippen LogP contribution in [0, 0.1) is 6.92 Å². The minimum absolute atomic E-state index is 0.119. The van der Waals surface area contributed by atoms with E-state index in [4.69, 9.17) is 11.6 Å². The van der Waals surface area contributed by atoms with Gasteiger partial charge in [0.15, 0.2) is 11.0 Å². The molecule has 0 unspecified atom stereocenters. The van der Waals surface area contributed by atoms with Crippen LogP contribution < -0.4 is 10.6 Å². The number of carbonyl (C=O) groups is 2. The number of allylic oxidation sites excluding steroid dienone is 1. The van der Waals surface area contributed by atoms with Crippen molar-refractivity contribution in [1.82, 2.24) is 20.1 Å². The Morgan fingerprint density at radius 2 is 1.97 bits per heavy atom. The monoisotopic (exact) mass is 509 g/mol. The van der Waals surface area contributed by atoms with E-state index in [9.17, 15) is 9.59 Å². The predicted molar refractivity (Wildman–Crippen MR) is 142 cm³/mol. The van der Waals surface area contributed by atoms with Crippen LogP contribution in [0.4, 0.5) is 5.69 Å². The van der Waals surface area contributed by atoms with Gasteiger partial charge in [-0.2, -0.15) is 0 Å². The van der Waals surface area contributed by atoms with Crippen molar-refractivity contribution in [2.75, 3.05) is 11.1 Å². The van der Waals surface area contributed by atoms with E-state index in [1.807, 2.05) is 47.9 Å². The van der Waals surface area contributed by atoms with E-state index in [1.54, 1.807) is 18.2 Å². The predicted octanol–water partition coefficient (Wildman–Crippen LogP) is 5.05. The van der Waals surface area contributed by atoms with E-state index in [1.165, 1.54) is 17.8 Å². The van der Waals surface area contributed by atoms with Gasteiger partial charge in [-0.1, -0.05) is 72.8 Å². The fourth-order valence-electron chi connectivity index (χ4n) is 3.38. The van der Waals surface area contributed by atoms with Gasteiger partial charge in [-0.25, -0.2) is 0 Å². The normalized spacial score (nSPS) is 10.9. The van der Waals surface area contributed by atoms with Gasteiger partial charge in [-0.15, -0.1) is 16.8 Å². The number of para-hydroxylation sites is 1. The summed E-state index contributed by atoms with van der Waals surface area (Å²) in [5, 5.41) is 15.4. The Morgan fingerprint density at radius 3 is 2.71 bits per heavy atom. The van der Waals surface area contributed by atoms with Crippen molar-refractivity contribution in [2.24, 2.45) is 0 Å². The second kappa shape index (κ2) is 12.9. The number of anilines is 1. The molecule has 0 spiro atoms. The maximum atomic E-state index is 12.6. The molecule has 2 aromatic carbocycles. The Balaban J connectivity index is 1.60. The number of benzene rings is 2. The number of carbonyl (C=O) groups excluding carboxylic acids is 2. The van der Waals surface area contributed by atoms with Gasteiger partial charge in [-0.3, -0.25) is 9.59 Å². The van der Waals surface area contributed by atoms with E-state index in [-0.39, 0.29) is 24.1 Å². The molecule has 0 saturated carbocycles. The number of nitrogens with zero attached hydrogens (tertiary/aromatic N) is 3. The lowest BCUT2D eigenvalue weighted by atomic mass is 10.1. The third-order valence-electron chi connectivity index (χ3n) is 5.18. The van der Waals surface area contributed by atoms with E-state index < -0.39 is 0 Å². The highest BCUT2D eigenvalue weighted by atomic mass is 35.5. The quantitative estimate of drug-likeness (QED) is 0.214. The zero-order valence-corrected chi connectivity index (χ0v) is 21.3. The number of amides is 2. The van der Waals surface area contributed by atoms with Crippen molar-refractivity contribution < 1.29 is 9.59 Å². The van der Waals surface area contributed by atoms with Gasteiger partial charge in [0.25, 0.3) is 0 Å². The molecule has 0 aliphatic rings. The zero-order chi connectivity index (χ0) is 25.2. The first kappa shape index (κ1) is 26.2. The molecule has 35 heavy (non-hydrogen) atoms. The van der Waals surface area contributed by atoms with Gasteiger partial charge >= 0.3 is 0 Å². The number of halogens is 1. The molecule has 0 saturated heterocycles. The Hall–Kier alpha value is -3.36. The summed E-state index contributed by atoms with van der Waals surface area (Å²) in [6.45, 7) is 8.46. The summed E-state index contributed by atoms with van der Waals surface area (Å²) in [6, 6.07) is 13.3. The van der Waals surface area contributed by atoms with E-state index in [0.29, 0.717) is 22.5 Å². The minimum Gasteiger partial charge on any atom is -0.345 e. The van der Waals surface area contributed by atoms with E-state index in [2.05, 4.69) is 34.3 Å². The molecule has 2 amide bonds. The highest BCUT2D eigenvalue weighted by molar-refractivity contribution is 7.99. The molecule has 0 fully saturated rings. The molecule has 0 bridgehead atoms. The van der Waals surface area contributed by atoms with Crippen LogP contribution in [0.3, 0.4) is 0 Å². The first-order valence-corrected chi connectivity index (χ1v) is 12.5. The summed E-state index contributed by atoms with van der Waals surface area (Å²) in [4.78, 5) is 24.9. The fraction of sp³-hybridized carbons (Fsp3) is 0.231. The van der Waals surface area contributed by atoms with E-state index >= 15 is 0 Å². The highest BCUT2D eigenvalue weighted by Crippen LogP contribution is 2.23. The molecule has 1 heterocycles. The topological polar surface area (TPSA) is 88.9 Å². The van der Waals surface area contributed by atoms with Crippen molar-refractivity contribution in [3.05, 3.63) is 88.7 Å². The standard InChI is InChI=1S/C26H28ClN5O2S/c1-4-15-32-22(16-28-23(33)14-13-20-10-6-7-12-21(20)27)30-31-26(32)35-17-24(34)29-25-18(3)9-8-11-19(25)5-2/h4,6-14H,1,5,15-17H2,2-3H3,(H,28,33)(H,29,34). The summed E-state index contributed by atoms with van der Waals surface area (Å²) in [5.41, 5.74) is 3.74. The Bertz CT molecular complexity index is 1240. The molecule has 2 N–H and O–H groups in total. The lowest BCUT2D eigenvalue weighted by molar-refractivity contribution is -0.116. The third-order valence-corrected chi connectivity index (χ3v) is 6.49. The molecule has 182 valence electrons.